The van der Waals surface area contributed by atoms with Gasteiger partial charge in [0, 0.05) is 42.5 Å². The van der Waals surface area contributed by atoms with E-state index in [0.29, 0.717) is 12.5 Å². The number of benzene rings is 3. The molecule has 0 aliphatic carbocycles. The minimum absolute atomic E-state index is 0.585. The Morgan fingerprint density at radius 3 is 2.59 bits per heavy atom. The highest BCUT2D eigenvalue weighted by Crippen LogP contribution is 2.35. The number of methoxy groups -OCH3 is 3. The van der Waals surface area contributed by atoms with Crippen molar-refractivity contribution in [1.82, 2.24) is 9.97 Å². The van der Waals surface area contributed by atoms with Crippen LogP contribution in [0.3, 0.4) is 0 Å². The predicted octanol–water partition coefficient (Wildman–Crippen LogP) is 4.81. The molecule has 1 aliphatic heterocycles. The molecule has 0 unspecified atom stereocenters. The summed E-state index contributed by atoms with van der Waals surface area (Å²) in [5.74, 6) is 2.91. The first-order valence-corrected chi connectivity index (χ1v) is 12.4. The van der Waals surface area contributed by atoms with E-state index < -0.39 is 0 Å². The zero-order chi connectivity index (χ0) is 25.6. The van der Waals surface area contributed by atoms with Crippen LogP contribution in [0.1, 0.15) is 5.56 Å². The minimum atomic E-state index is 0.585. The average molecular weight is 501 g/mol. The fourth-order valence-electron chi connectivity index (χ4n) is 4.72. The van der Waals surface area contributed by atoms with Gasteiger partial charge in [-0.05, 0) is 53.8 Å². The lowest BCUT2D eigenvalue weighted by Crippen LogP contribution is -2.36. The summed E-state index contributed by atoms with van der Waals surface area (Å²) in [7, 11) is 5.00. The van der Waals surface area contributed by atoms with E-state index in [9.17, 15) is 0 Å². The number of aromatic nitrogens is 2. The van der Waals surface area contributed by atoms with Gasteiger partial charge in [-0.2, -0.15) is 0 Å². The molecule has 1 N–H and O–H groups in total. The maximum atomic E-state index is 5.60. The summed E-state index contributed by atoms with van der Waals surface area (Å²) in [4.78, 5) is 11.7. The fourth-order valence-corrected chi connectivity index (χ4v) is 4.72. The third kappa shape index (κ3) is 5.39. The van der Waals surface area contributed by atoms with Crippen molar-refractivity contribution in [2.45, 2.75) is 6.42 Å². The van der Waals surface area contributed by atoms with E-state index in [0.717, 1.165) is 83.3 Å². The summed E-state index contributed by atoms with van der Waals surface area (Å²) >= 11 is 0. The third-order valence-corrected chi connectivity index (χ3v) is 6.60. The van der Waals surface area contributed by atoms with E-state index in [4.69, 9.17) is 23.9 Å². The van der Waals surface area contributed by atoms with Crippen molar-refractivity contribution in [2.24, 2.45) is 0 Å². The fraction of sp³-hybridized carbons (Fsp3) is 0.310. The standard InChI is InChI=1S/C29H32N4O4/c1-34-23-8-7-21-17-22(18-26(24(21)19-23)33-13-15-37-16-14-33)25-10-12-31-29(32-25)30-11-9-20-5-4-6-27(35-2)28(20)36-3/h4-8,10,12,17-19H,9,11,13-16H2,1-3H3,(H,30,31,32). The number of fused-ring (bicyclic) bond motifs is 1. The number of morpholine rings is 1. The summed E-state index contributed by atoms with van der Waals surface area (Å²) in [5, 5.41) is 5.65. The molecule has 2 heterocycles. The monoisotopic (exact) mass is 500 g/mol. The van der Waals surface area contributed by atoms with Crippen LogP contribution in [0, 0.1) is 0 Å². The quantitative estimate of drug-likeness (QED) is 0.351. The Labute approximate surface area is 217 Å². The maximum Gasteiger partial charge on any atom is 0.223 e. The van der Waals surface area contributed by atoms with E-state index in [1.54, 1.807) is 27.5 Å². The van der Waals surface area contributed by atoms with Crippen molar-refractivity contribution in [3.63, 3.8) is 0 Å². The Hall–Kier alpha value is -4.04. The summed E-state index contributed by atoms with van der Waals surface area (Å²) < 4.78 is 22.1. The molecule has 5 rings (SSSR count). The molecule has 1 fully saturated rings. The van der Waals surface area contributed by atoms with Gasteiger partial charge in [-0.15, -0.1) is 0 Å². The molecule has 3 aromatic carbocycles. The molecule has 8 heteroatoms. The first-order chi connectivity index (χ1) is 18.2. The highest BCUT2D eigenvalue weighted by Gasteiger charge is 2.17. The first-order valence-electron chi connectivity index (χ1n) is 12.4. The maximum absolute atomic E-state index is 5.60. The smallest absolute Gasteiger partial charge is 0.223 e. The Bertz CT molecular complexity index is 1370. The summed E-state index contributed by atoms with van der Waals surface area (Å²) in [6.45, 7) is 3.79. The second-order valence-corrected chi connectivity index (χ2v) is 8.78. The molecule has 37 heavy (non-hydrogen) atoms. The van der Waals surface area contributed by atoms with E-state index in [-0.39, 0.29) is 0 Å². The van der Waals surface area contributed by atoms with Crippen LogP contribution >= 0.6 is 0 Å². The second kappa shape index (κ2) is 11.3. The number of nitrogens with one attached hydrogen (secondary N) is 1. The number of rotatable bonds is 9. The van der Waals surface area contributed by atoms with Crippen molar-refractivity contribution >= 4 is 22.4 Å². The Balaban J connectivity index is 1.40. The molecule has 0 bridgehead atoms. The Kier molecular flexibility index (Phi) is 7.56. The van der Waals surface area contributed by atoms with Gasteiger partial charge in [-0.25, -0.2) is 9.97 Å². The van der Waals surface area contributed by atoms with Crippen molar-refractivity contribution in [3.05, 3.63) is 66.4 Å². The molecule has 192 valence electrons. The van der Waals surface area contributed by atoms with Crippen LogP contribution in [-0.4, -0.2) is 64.1 Å². The normalized spacial score (nSPS) is 13.4. The number of hydrogen-bond donors (Lipinski definition) is 1. The first kappa shape index (κ1) is 24.6. The zero-order valence-electron chi connectivity index (χ0n) is 21.5. The van der Waals surface area contributed by atoms with Crippen LogP contribution in [0.25, 0.3) is 22.0 Å². The molecule has 0 atom stereocenters. The largest absolute Gasteiger partial charge is 0.497 e. The van der Waals surface area contributed by atoms with E-state index in [2.05, 4.69) is 39.5 Å². The van der Waals surface area contributed by atoms with Gasteiger partial charge in [0.15, 0.2) is 11.5 Å². The van der Waals surface area contributed by atoms with Gasteiger partial charge >= 0.3 is 0 Å². The molecule has 4 aromatic rings. The minimum Gasteiger partial charge on any atom is -0.497 e. The van der Waals surface area contributed by atoms with E-state index >= 15 is 0 Å². The summed E-state index contributed by atoms with van der Waals surface area (Å²) in [6.07, 6.45) is 2.54. The van der Waals surface area contributed by atoms with E-state index in [1.807, 2.05) is 30.3 Å². The molecule has 8 nitrogen and oxygen atoms in total. The second-order valence-electron chi connectivity index (χ2n) is 8.78. The van der Waals surface area contributed by atoms with Crippen molar-refractivity contribution in [1.29, 1.82) is 0 Å². The molecule has 0 amide bonds. The van der Waals surface area contributed by atoms with Gasteiger partial charge in [-0.1, -0.05) is 18.2 Å². The highest BCUT2D eigenvalue weighted by atomic mass is 16.5. The molecular weight excluding hydrogens is 468 g/mol. The van der Waals surface area contributed by atoms with Crippen LogP contribution in [0.15, 0.2) is 60.8 Å². The Morgan fingerprint density at radius 1 is 0.946 bits per heavy atom. The third-order valence-electron chi connectivity index (χ3n) is 6.60. The van der Waals surface area contributed by atoms with Crippen molar-refractivity contribution < 1.29 is 18.9 Å². The summed E-state index contributed by atoms with van der Waals surface area (Å²) in [5.41, 5.74) is 4.13. The number of anilines is 2. The lowest BCUT2D eigenvalue weighted by atomic mass is 10.0. The van der Waals surface area contributed by atoms with Crippen molar-refractivity contribution in [3.8, 4) is 28.5 Å². The Morgan fingerprint density at radius 2 is 1.81 bits per heavy atom. The molecule has 1 aromatic heterocycles. The van der Waals surface area contributed by atoms with Gasteiger partial charge in [-0.3, -0.25) is 0 Å². The van der Waals surface area contributed by atoms with Crippen molar-refractivity contribution in [2.75, 3.05) is 64.4 Å². The van der Waals surface area contributed by atoms with Crippen LogP contribution in [0.4, 0.5) is 11.6 Å². The summed E-state index contributed by atoms with van der Waals surface area (Å²) in [6, 6.07) is 18.4. The highest BCUT2D eigenvalue weighted by molar-refractivity contribution is 5.98. The lowest BCUT2D eigenvalue weighted by molar-refractivity contribution is 0.123. The zero-order valence-corrected chi connectivity index (χ0v) is 21.5. The van der Waals surface area contributed by atoms with Crippen LogP contribution in [0.2, 0.25) is 0 Å². The lowest BCUT2D eigenvalue weighted by Gasteiger charge is -2.30. The molecule has 0 spiro atoms. The molecule has 0 saturated carbocycles. The van der Waals surface area contributed by atoms with Crippen LogP contribution in [-0.2, 0) is 11.2 Å². The number of para-hydroxylation sites is 1. The number of nitrogens with zero attached hydrogens (tertiary/aromatic N) is 3. The van der Waals surface area contributed by atoms with E-state index in [1.165, 1.54) is 0 Å². The molecular formula is C29H32N4O4. The van der Waals surface area contributed by atoms with Gasteiger partial charge in [0.1, 0.15) is 5.75 Å². The van der Waals surface area contributed by atoms with Gasteiger partial charge in [0.2, 0.25) is 5.95 Å². The molecule has 0 radical (unpaired) electrons. The topological polar surface area (TPSA) is 78.0 Å². The average Bonchev–Trinajstić information content (AvgIpc) is 2.96. The van der Waals surface area contributed by atoms with Gasteiger partial charge in [0.25, 0.3) is 0 Å². The molecule has 1 saturated heterocycles. The van der Waals surface area contributed by atoms with Crippen LogP contribution < -0.4 is 24.4 Å². The number of ether oxygens (including phenoxy) is 4. The van der Waals surface area contributed by atoms with Crippen LogP contribution in [0.5, 0.6) is 17.2 Å². The molecule has 1 aliphatic rings. The number of hydrogen-bond acceptors (Lipinski definition) is 8. The predicted molar refractivity (Wildman–Crippen MR) is 146 cm³/mol. The SMILES string of the molecule is COc1ccc2cc(-c3ccnc(NCCc4cccc(OC)c4OC)n3)cc(N3CCOCC3)c2c1. The van der Waals surface area contributed by atoms with Gasteiger partial charge in [0.05, 0.1) is 40.2 Å². The van der Waals surface area contributed by atoms with Gasteiger partial charge < -0.3 is 29.2 Å².